The molecule has 0 aliphatic carbocycles. The maximum atomic E-state index is 12.2. The summed E-state index contributed by atoms with van der Waals surface area (Å²) in [5.74, 6) is -0.00329. The van der Waals surface area contributed by atoms with Crippen LogP contribution < -0.4 is 15.4 Å². The van der Waals surface area contributed by atoms with Crippen molar-refractivity contribution in [3.8, 4) is 5.75 Å². The maximum absolute atomic E-state index is 12.2. The number of ether oxygens (including phenoxy) is 1. The molecule has 4 nitrogen and oxygen atoms in total. The third-order valence-corrected chi connectivity index (χ3v) is 4.16. The van der Waals surface area contributed by atoms with Crippen molar-refractivity contribution in [3.05, 3.63) is 58.1 Å². The summed E-state index contributed by atoms with van der Waals surface area (Å²) in [6.45, 7) is 3.69. The fraction of sp³-hybridized carbons (Fsp3) is 0.222. The van der Waals surface area contributed by atoms with E-state index >= 15 is 0 Å². The highest BCUT2D eigenvalue weighted by Crippen LogP contribution is 2.28. The maximum Gasteiger partial charge on any atom is 0.266 e. The predicted molar refractivity (Wildman–Crippen MR) is 107 cm³/mol. The largest absolute Gasteiger partial charge is 0.479 e. The van der Waals surface area contributed by atoms with Crippen LogP contribution in [-0.4, -0.2) is 17.1 Å². The van der Waals surface area contributed by atoms with Crippen LogP contribution in [0.1, 0.15) is 19.4 Å². The molecule has 0 fully saturated rings. The fourth-order valence-electron chi connectivity index (χ4n) is 2.01. The van der Waals surface area contributed by atoms with Crippen LogP contribution in [0.2, 0.25) is 10.0 Å². The average molecular weight is 397 g/mol. The molecule has 0 radical (unpaired) electrons. The van der Waals surface area contributed by atoms with Crippen molar-refractivity contribution < 1.29 is 9.53 Å². The topological polar surface area (TPSA) is 50.4 Å². The Morgan fingerprint density at radius 3 is 2.48 bits per heavy atom. The number of amides is 1. The first-order valence-corrected chi connectivity index (χ1v) is 8.88. The molecule has 2 rings (SSSR count). The Balaban J connectivity index is 1.89. The summed E-state index contributed by atoms with van der Waals surface area (Å²) in [6.07, 6.45) is 0.185. The van der Waals surface area contributed by atoms with E-state index in [0.717, 1.165) is 12.1 Å². The average Bonchev–Trinajstić information content (AvgIpc) is 2.57. The van der Waals surface area contributed by atoms with Gasteiger partial charge in [-0.25, -0.2) is 0 Å². The van der Waals surface area contributed by atoms with Crippen molar-refractivity contribution in [2.75, 3.05) is 5.32 Å². The molecule has 0 heterocycles. The van der Waals surface area contributed by atoms with Gasteiger partial charge >= 0.3 is 0 Å². The van der Waals surface area contributed by atoms with Crippen LogP contribution in [0.3, 0.4) is 0 Å². The van der Waals surface area contributed by atoms with Crippen molar-refractivity contribution in [2.24, 2.45) is 0 Å². The van der Waals surface area contributed by atoms with Gasteiger partial charge in [0.2, 0.25) is 0 Å². The van der Waals surface area contributed by atoms with Gasteiger partial charge in [0.05, 0.1) is 5.02 Å². The Hall–Kier alpha value is -1.82. The van der Waals surface area contributed by atoms with Gasteiger partial charge < -0.3 is 10.1 Å². The molecule has 2 aromatic carbocycles. The summed E-state index contributed by atoms with van der Waals surface area (Å²) in [4.78, 5) is 12.2. The Labute approximate surface area is 162 Å². The van der Waals surface area contributed by atoms with Gasteiger partial charge in [-0.1, -0.05) is 42.3 Å². The molecular weight excluding hydrogens is 379 g/mol. The first kappa shape index (κ1) is 19.5. The van der Waals surface area contributed by atoms with Crippen LogP contribution in [0, 0.1) is 0 Å². The number of nitrogens with one attached hydrogen (secondary N) is 2. The Morgan fingerprint density at radius 1 is 1.20 bits per heavy atom. The first-order chi connectivity index (χ1) is 11.9. The molecule has 1 atom stereocenters. The lowest BCUT2D eigenvalue weighted by atomic mass is 10.1. The number of carbonyl (C=O) groups excluding carboxylic acids is 1. The molecule has 0 aromatic heterocycles. The van der Waals surface area contributed by atoms with Crippen LogP contribution in [0.15, 0.2) is 42.5 Å². The van der Waals surface area contributed by atoms with Gasteiger partial charge in [0, 0.05) is 10.7 Å². The van der Waals surface area contributed by atoms with Crippen molar-refractivity contribution in [1.29, 1.82) is 0 Å². The van der Waals surface area contributed by atoms with Crippen LogP contribution in [0.4, 0.5) is 5.69 Å². The van der Waals surface area contributed by atoms with E-state index in [0.29, 0.717) is 15.8 Å². The molecule has 7 heteroatoms. The van der Waals surface area contributed by atoms with Crippen LogP contribution >= 0.6 is 35.4 Å². The van der Waals surface area contributed by atoms with Crippen molar-refractivity contribution >= 4 is 52.1 Å². The summed E-state index contributed by atoms with van der Waals surface area (Å²) in [7, 11) is 0. The first-order valence-electron chi connectivity index (χ1n) is 7.71. The number of aryl methyl sites for hydroxylation is 1. The van der Waals surface area contributed by atoms with E-state index < -0.39 is 6.10 Å². The number of rotatable bonds is 5. The van der Waals surface area contributed by atoms with Gasteiger partial charge in [0.1, 0.15) is 5.75 Å². The normalized spacial score (nSPS) is 11.5. The number of benzene rings is 2. The molecule has 2 N–H and O–H groups in total. The predicted octanol–water partition coefficient (Wildman–Crippen LogP) is 4.84. The Bertz CT molecular complexity index is 766. The summed E-state index contributed by atoms with van der Waals surface area (Å²) in [5.41, 5.74) is 2.03. The van der Waals surface area contributed by atoms with Crippen molar-refractivity contribution in [3.63, 3.8) is 0 Å². The second-order valence-corrected chi connectivity index (χ2v) is 6.58. The monoisotopic (exact) mass is 396 g/mol. The number of thiocarbonyl (C=S) groups is 1. The molecular formula is C18H18Cl2N2O2S. The standard InChI is InChI=1S/C18H18Cl2N2O2S/c1-3-12-4-7-14(8-5-12)21-18(25)22-17(23)11(2)24-16-9-6-13(19)10-15(16)20/h4-11H,3H2,1-2H3,(H2,21,22,23,25). The van der Waals surface area contributed by atoms with Crippen LogP contribution in [0.25, 0.3) is 0 Å². The third-order valence-electron chi connectivity index (χ3n) is 3.42. The van der Waals surface area contributed by atoms with Gasteiger partial charge in [-0.3, -0.25) is 10.1 Å². The van der Waals surface area contributed by atoms with Gasteiger partial charge in [0.15, 0.2) is 11.2 Å². The number of carbonyl (C=O) groups is 1. The van der Waals surface area contributed by atoms with Crippen LogP contribution in [-0.2, 0) is 11.2 Å². The molecule has 132 valence electrons. The summed E-state index contributed by atoms with van der Waals surface area (Å²) in [6, 6.07) is 12.6. The highest BCUT2D eigenvalue weighted by molar-refractivity contribution is 7.80. The van der Waals surface area contributed by atoms with E-state index in [9.17, 15) is 4.79 Å². The summed E-state index contributed by atoms with van der Waals surface area (Å²) >= 11 is 17.0. The fourth-order valence-corrected chi connectivity index (χ4v) is 2.69. The van der Waals surface area contributed by atoms with Gasteiger partial charge in [-0.15, -0.1) is 0 Å². The van der Waals surface area contributed by atoms with Crippen LogP contribution in [0.5, 0.6) is 5.75 Å². The molecule has 0 spiro atoms. The zero-order chi connectivity index (χ0) is 18.4. The lowest BCUT2D eigenvalue weighted by molar-refractivity contribution is -0.125. The minimum atomic E-state index is -0.777. The number of hydrogen-bond acceptors (Lipinski definition) is 3. The van der Waals surface area contributed by atoms with Gasteiger partial charge in [0.25, 0.3) is 5.91 Å². The highest BCUT2D eigenvalue weighted by atomic mass is 35.5. The lowest BCUT2D eigenvalue weighted by Gasteiger charge is -2.16. The van der Waals surface area contributed by atoms with E-state index in [1.54, 1.807) is 25.1 Å². The second-order valence-electron chi connectivity index (χ2n) is 5.33. The Kier molecular flexibility index (Phi) is 7.05. The van der Waals surface area contributed by atoms with Crippen molar-refractivity contribution in [2.45, 2.75) is 26.4 Å². The molecule has 0 aliphatic heterocycles. The summed E-state index contributed by atoms with van der Waals surface area (Å²) in [5, 5.41) is 6.59. The molecule has 1 unspecified atom stereocenters. The SMILES string of the molecule is CCc1ccc(NC(=S)NC(=O)C(C)Oc2ccc(Cl)cc2Cl)cc1. The van der Waals surface area contributed by atoms with Crippen molar-refractivity contribution in [1.82, 2.24) is 5.32 Å². The van der Waals surface area contributed by atoms with E-state index in [-0.39, 0.29) is 11.0 Å². The quantitative estimate of drug-likeness (QED) is 0.710. The molecule has 0 saturated heterocycles. The number of hydrogen-bond donors (Lipinski definition) is 2. The number of halogens is 2. The summed E-state index contributed by atoms with van der Waals surface area (Å²) < 4.78 is 5.55. The van der Waals surface area contributed by atoms with Gasteiger partial charge in [-0.05, 0) is 61.5 Å². The van der Waals surface area contributed by atoms with E-state index in [1.165, 1.54) is 5.56 Å². The van der Waals surface area contributed by atoms with E-state index in [1.807, 2.05) is 24.3 Å². The van der Waals surface area contributed by atoms with Gasteiger partial charge in [-0.2, -0.15) is 0 Å². The Morgan fingerprint density at radius 2 is 1.88 bits per heavy atom. The molecule has 0 saturated carbocycles. The molecule has 0 aliphatic rings. The minimum absolute atomic E-state index is 0.201. The zero-order valence-electron chi connectivity index (χ0n) is 13.8. The molecule has 0 bridgehead atoms. The minimum Gasteiger partial charge on any atom is -0.479 e. The van der Waals surface area contributed by atoms with E-state index in [2.05, 4.69) is 17.6 Å². The molecule has 1 amide bonds. The molecule has 2 aromatic rings. The second kappa shape index (κ2) is 9.04. The molecule has 25 heavy (non-hydrogen) atoms. The third kappa shape index (κ3) is 5.88. The lowest BCUT2D eigenvalue weighted by Crippen LogP contribution is -2.42. The number of anilines is 1. The highest BCUT2D eigenvalue weighted by Gasteiger charge is 2.17. The van der Waals surface area contributed by atoms with E-state index in [4.69, 9.17) is 40.2 Å². The smallest absolute Gasteiger partial charge is 0.266 e. The zero-order valence-corrected chi connectivity index (χ0v) is 16.1.